The summed E-state index contributed by atoms with van der Waals surface area (Å²) >= 11 is 0. The van der Waals surface area contributed by atoms with Crippen LogP contribution in [-0.4, -0.2) is 27.7 Å². The van der Waals surface area contributed by atoms with E-state index in [4.69, 9.17) is 4.74 Å². The monoisotopic (exact) mass is 383 g/mol. The average molecular weight is 383 g/mol. The molecule has 5 nitrogen and oxygen atoms in total. The molecule has 0 unspecified atom stereocenters. The number of phenols is 1. The van der Waals surface area contributed by atoms with Gasteiger partial charge in [-0.15, -0.1) is 0 Å². The molecule has 0 aliphatic heterocycles. The summed E-state index contributed by atoms with van der Waals surface area (Å²) in [7, 11) is 0. The Morgan fingerprint density at radius 3 is 2.46 bits per heavy atom. The molecule has 2 aromatic carbocycles. The Bertz CT molecular complexity index is 1070. The molecule has 146 valence electrons. The lowest BCUT2D eigenvalue weighted by Gasteiger charge is -2.15. The van der Waals surface area contributed by atoms with E-state index in [1.165, 1.54) is 41.0 Å². The Labute approximate surface area is 162 Å². The fourth-order valence-corrected chi connectivity index (χ4v) is 3.44. The van der Waals surface area contributed by atoms with E-state index in [1.807, 2.05) is 0 Å². The Morgan fingerprint density at radius 1 is 1.11 bits per heavy atom. The maximum atomic E-state index is 13.6. The molecule has 1 N–H and O–H groups in total. The molecular weight excluding hydrogens is 361 g/mol. The van der Waals surface area contributed by atoms with Crippen molar-refractivity contribution >= 4 is 22.8 Å². The predicted molar refractivity (Wildman–Crippen MR) is 104 cm³/mol. The van der Waals surface area contributed by atoms with Crippen LogP contribution in [0.2, 0.25) is 0 Å². The van der Waals surface area contributed by atoms with Gasteiger partial charge in [0.25, 0.3) is 5.91 Å². The van der Waals surface area contributed by atoms with E-state index >= 15 is 0 Å². The molecule has 0 fully saturated rings. The topological polar surface area (TPSA) is 68.5 Å². The molecule has 0 spiro atoms. The number of hydrogen-bond acceptors (Lipinski definition) is 4. The molecule has 3 rings (SSSR count). The molecule has 28 heavy (non-hydrogen) atoms. The molecule has 1 atom stereocenters. The number of carbonyl (C=O) groups excluding carboxylic acids is 2. The first-order chi connectivity index (χ1) is 13.2. The van der Waals surface area contributed by atoms with Crippen molar-refractivity contribution in [1.82, 2.24) is 4.57 Å². The lowest BCUT2D eigenvalue weighted by molar-refractivity contribution is -0.148. The minimum atomic E-state index is -0.645. The van der Waals surface area contributed by atoms with Gasteiger partial charge >= 0.3 is 5.97 Å². The smallest absolute Gasteiger partial charge is 0.313 e. The van der Waals surface area contributed by atoms with Crippen molar-refractivity contribution in [2.24, 2.45) is 0 Å². The molecule has 1 heterocycles. The fourth-order valence-electron chi connectivity index (χ4n) is 3.44. The van der Waals surface area contributed by atoms with Crippen LogP contribution in [0.4, 0.5) is 4.39 Å². The molecule has 0 aliphatic rings. The zero-order valence-electron chi connectivity index (χ0n) is 16.2. The van der Waals surface area contributed by atoms with Gasteiger partial charge in [-0.25, -0.2) is 4.39 Å². The van der Waals surface area contributed by atoms with Crippen LogP contribution in [0.5, 0.6) is 5.75 Å². The van der Waals surface area contributed by atoms with Crippen LogP contribution in [0, 0.1) is 12.7 Å². The molecule has 1 aromatic heterocycles. The lowest BCUT2D eigenvalue weighted by atomic mass is 9.98. The number of hydrogen-bond donors (Lipinski definition) is 1. The van der Waals surface area contributed by atoms with Crippen molar-refractivity contribution in [3.8, 4) is 5.75 Å². The van der Waals surface area contributed by atoms with E-state index in [2.05, 4.69) is 0 Å². The molecule has 0 amide bonds. The number of nitrogens with zero attached hydrogens (tertiary/aromatic N) is 1. The number of rotatable bonds is 4. The maximum absolute atomic E-state index is 13.6. The Balaban J connectivity index is 2.21. The largest absolute Gasteiger partial charge is 0.508 e. The Morgan fingerprint density at radius 2 is 1.82 bits per heavy atom. The van der Waals surface area contributed by atoms with E-state index in [9.17, 15) is 19.1 Å². The minimum Gasteiger partial charge on any atom is -0.508 e. The van der Waals surface area contributed by atoms with Crippen LogP contribution < -0.4 is 0 Å². The van der Waals surface area contributed by atoms with Crippen molar-refractivity contribution in [2.45, 2.75) is 39.7 Å². The molecule has 0 radical (unpaired) electrons. The number of aromatic hydroxyl groups is 1. The first-order valence-electron chi connectivity index (χ1n) is 9.05. The van der Waals surface area contributed by atoms with Crippen molar-refractivity contribution in [2.75, 3.05) is 0 Å². The number of halogens is 1. The number of fused-ring (bicyclic) bond motifs is 1. The summed E-state index contributed by atoms with van der Waals surface area (Å²) in [6, 6.07) is 10.0. The summed E-state index contributed by atoms with van der Waals surface area (Å²) in [6.07, 6.45) is -0.272. The number of carbonyl (C=O) groups is 2. The minimum absolute atomic E-state index is 0.0218. The second kappa shape index (κ2) is 7.46. The average Bonchev–Trinajstić information content (AvgIpc) is 2.90. The van der Waals surface area contributed by atoms with Crippen LogP contribution in [0.25, 0.3) is 10.9 Å². The van der Waals surface area contributed by atoms with Gasteiger partial charge in [0.15, 0.2) is 0 Å². The van der Waals surface area contributed by atoms with Gasteiger partial charge in [-0.1, -0.05) is 6.07 Å². The summed E-state index contributed by atoms with van der Waals surface area (Å²) in [4.78, 5) is 25.6. The fraction of sp³-hybridized carbons (Fsp3) is 0.273. The van der Waals surface area contributed by atoms with Crippen molar-refractivity contribution in [3.63, 3.8) is 0 Å². The third-order valence-electron chi connectivity index (χ3n) is 4.65. The normalized spacial score (nSPS) is 12.4. The maximum Gasteiger partial charge on any atom is 0.313 e. The summed E-state index contributed by atoms with van der Waals surface area (Å²) in [5.41, 5.74) is 1.87. The number of phenolic OH excluding ortho intramolecular Hbond substituents is 1. The van der Waals surface area contributed by atoms with E-state index in [0.29, 0.717) is 22.2 Å². The van der Waals surface area contributed by atoms with Crippen LogP contribution in [0.15, 0.2) is 42.5 Å². The van der Waals surface area contributed by atoms with Crippen LogP contribution in [0.1, 0.15) is 48.3 Å². The summed E-state index contributed by atoms with van der Waals surface area (Å²) in [5, 5.41) is 10.5. The van der Waals surface area contributed by atoms with Crippen LogP contribution in [0.3, 0.4) is 0 Å². The molecule has 3 aromatic rings. The van der Waals surface area contributed by atoms with Gasteiger partial charge in [-0.05, 0) is 69.7 Å². The van der Waals surface area contributed by atoms with Crippen molar-refractivity contribution in [1.29, 1.82) is 0 Å². The molecular formula is C22H22FNO4. The van der Waals surface area contributed by atoms with Crippen molar-refractivity contribution in [3.05, 3.63) is 65.1 Å². The number of aromatic nitrogens is 1. The Kier molecular flexibility index (Phi) is 5.23. The van der Waals surface area contributed by atoms with Gasteiger partial charge < -0.3 is 9.84 Å². The number of esters is 1. The SMILES string of the molecule is Cc1c([C@@H](C)C(=O)OC(C)C)c2cc(O)ccc2n1C(=O)c1cccc(F)c1. The molecule has 6 heteroatoms. The standard InChI is InChI=1S/C22H22FNO4/c1-12(2)28-22(27)13(3)20-14(4)24(19-9-8-17(25)11-18(19)20)21(26)15-6-5-7-16(23)10-15/h5-13,25H,1-4H3/t13-/m1/s1. The Hall–Kier alpha value is -3.15. The third-order valence-corrected chi connectivity index (χ3v) is 4.65. The predicted octanol–water partition coefficient (Wildman–Crippen LogP) is 4.54. The molecule has 0 aliphatic carbocycles. The quantitative estimate of drug-likeness (QED) is 0.672. The van der Waals surface area contributed by atoms with E-state index < -0.39 is 23.6 Å². The van der Waals surface area contributed by atoms with Gasteiger partial charge in [-0.3, -0.25) is 14.2 Å². The van der Waals surface area contributed by atoms with Gasteiger partial charge in [-0.2, -0.15) is 0 Å². The molecule has 0 saturated carbocycles. The first-order valence-corrected chi connectivity index (χ1v) is 9.05. The van der Waals surface area contributed by atoms with E-state index in [0.717, 1.165) is 0 Å². The second-order valence-corrected chi connectivity index (χ2v) is 7.06. The highest BCUT2D eigenvalue weighted by molar-refractivity contribution is 6.05. The highest BCUT2D eigenvalue weighted by atomic mass is 19.1. The van der Waals surface area contributed by atoms with E-state index in [1.54, 1.807) is 33.8 Å². The summed E-state index contributed by atoms with van der Waals surface area (Å²) in [6.45, 7) is 6.95. The highest BCUT2D eigenvalue weighted by Gasteiger charge is 2.28. The van der Waals surface area contributed by atoms with Crippen molar-refractivity contribution < 1.29 is 23.8 Å². The van der Waals surface area contributed by atoms with E-state index in [-0.39, 0.29) is 17.4 Å². The molecule has 0 bridgehead atoms. The van der Waals surface area contributed by atoms with Crippen LogP contribution in [-0.2, 0) is 9.53 Å². The molecule has 0 saturated heterocycles. The zero-order chi connectivity index (χ0) is 20.6. The zero-order valence-corrected chi connectivity index (χ0v) is 16.2. The number of ether oxygens (including phenoxy) is 1. The third kappa shape index (κ3) is 3.50. The van der Waals surface area contributed by atoms with Crippen LogP contribution >= 0.6 is 0 Å². The lowest BCUT2D eigenvalue weighted by Crippen LogP contribution is -2.19. The second-order valence-electron chi connectivity index (χ2n) is 7.06. The number of benzene rings is 2. The summed E-state index contributed by atoms with van der Waals surface area (Å²) in [5.74, 6) is -1.96. The van der Waals surface area contributed by atoms with Gasteiger partial charge in [0, 0.05) is 16.6 Å². The van der Waals surface area contributed by atoms with Gasteiger partial charge in [0.1, 0.15) is 11.6 Å². The summed E-state index contributed by atoms with van der Waals surface area (Å²) < 4.78 is 20.4. The van der Waals surface area contributed by atoms with Gasteiger partial charge in [0.05, 0.1) is 17.5 Å². The first kappa shape index (κ1) is 19.6. The van der Waals surface area contributed by atoms with Gasteiger partial charge in [0.2, 0.25) is 0 Å². The highest BCUT2D eigenvalue weighted by Crippen LogP contribution is 2.35.